The Morgan fingerprint density at radius 2 is 1.27 bits per heavy atom. The number of aliphatic carboxylic acids is 1. The average Bonchev–Trinajstić information content (AvgIpc) is 3.08. The SMILES string of the molecule is CC/C=C\C/C=C\C/C=C\CCCCCCCC(=O)O.Cc1c(C)c2c(c(C)c1O)CC[C@@](C)(CCC[C@H](C)CCC[C@H](C)CCCC(C)C)O2. The molecule has 2 rings (SSSR count). The first-order valence-electron chi connectivity index (χ1n) is 21.0. The number of allylic oxidation sites excluding steroid dienone is 6. The zero-order valence-electron chi connectivity index (χ0n) is 34.8. The van der Waals surface area contributed by atoms with Gasteiger partial charge < -0.3 is 14.9 Å². The third-order valence-corrected chi connectivity index (χ3v) is 10.9. The number of phenols is 1. The summed E-state index contributed by atoms with van der Waals surface area (Å²) in [6.07, 6.45) is 37.4. The summed E-state index contributed by atoms with van der Waals surface area (Å²) in [5.41, 5.74) is 4.23. The van der Waals surface area contributed by atoms with Gasteiger partial charge >= 0.3 is 5.97 Å². The van der Waals surface area contributed by atoms with Gasteiger partial charge in [0.05, 0.1) is 0 Å². The lowest BCUT2D eigenvalue weighted by molar-refractivity contribution is -0.137. The van der Waals surface area contributed by atoms with Crippen molar-refractivity contribution in [2.75, 3.05) is 0 Å². The van der Waals surface area contributed by atoms with Crippen molar-refractivity contribution in [3.05, 3.63) is 58.7 Å². The summed E-state index contributed by atoms with van der Waals surface area (Å²) < 4.78 is 6.60. The summed E-state index contributed by atoms with van der Waals surface area (Å²) in [5.74, 6) is 3.36. The number of phenolic OH excluding ortho intramolecular Hbond substituents is 1. The minimum atomic E-state index is -0.675. The standard InChI is InChI=1S/C29H50O2.C18H30O2/c1-20(2)12-9-13-21(3)14-10-15-22(4)16-11-18-29(8)19-17-26-25(7)27(30)23(5)24(6)28(26)31-29;1-2-3-4-5-6-7-8-9-10-11-12-13-14-15-16-17-18(19)20/h20-22,30H,9-19H2,1-8H3;3-4,6-7,9-10H,2,5,8,11-17H2,1H3,(H,19,20)/b;4-3-,7-6-,10-9-/t21-,22-,29-;/m1./s1. The Bertz CT molecular complexity index is 1180. The van der Waals surface area contributed by atoms with Crippen molar-refractivity contribution < 1.29 is 19.7 Å². The van der Waals surface area contributed by atoms with E-state index in [0.29, 0.717) is 12.2 Å². The van der Waals surface area contributed by atoms with E-state index in [2.05, 4.69) is 84.9 Å². The van der Waals surface area contributed by atoms with Crippen LogP contribution in [0.2, 0.25) is 0 Å². The van der Waals surface area contributed by atoms with Crippen LogP contribution >= 0.6 is 0 Å². The maximum atomic E-state index is 10.4. The molecule has 1 aliphatic heterocycles. The molecule has 3 atom stereocenters. The number of aromatic hydroxyl groups is 1. The van der Waals surface area contributed by atoms with Crippen molar-refractivity contribution in [1.82, 2.24) is 0 Å². The summed E-state index contributed by atoms with van der Waals surface area (Å²) in [7, 11) is 0. The Labute approximate surface area is 315 Å². The molecule has 4 nitrogen and oxygen atoms in total. The molecule has 0 amide bonds. The molecule has 0 saturated carbocycles. The lowest BCUT2D eigenvalue weighted by Gasteiger charge is -2.38. The smallest absolute Gasteiger partial charge is 0.303 e. The number of hydrogen-bond acceptors (Lipinski definition) is 3. The molecule has 0 spiro atoms. The largest absolute Gasteiger partial charge is 0.507 e. The number of carboxylic acid groups (broad SMARTS) is 1. The Hall–Kier alpha value is -2.49. The molecule has 51 heavy (non-hydrogen) atoms. The zero-order valence-corrected chi connectivity index (χ0v) is 34.8. The van der Waals surface area contributed by atoms with E-state index in [1.807, 2.05) is 13.8 Å². The lowest BCUT2D eigenvalue weighted by atomic mass is 9.84. The van der Waals surface area contributed by atoms with Crippen LogP contribution in [-0.4, -0.2) is 21.8 Å². The number of carbonyl (C=O) groups is 1. The van der Waals surface area contributed by atoms with E-state index in [1.165, 1.54) is 69.8 Å². The van der Waals surface area contributed by atoms with Crippen LogP contribution in [0, 0.1) is 38.5 Å². The van der Waals surface area contributed by atoms with Crippen LogP contribution < -0.4 is 4.74 Å². The number of rotatable bonds is 25. The molecule has 0 fully saturated rings. The molecule has 1 heterocycles. The third kappa shape index (κ3) is 21.0. The number of carboxylic acids is 1. The summed E-state index contributed by atoms with van der Waals surface area (Å²) in [6.45, 7) is 20.1. The molecular weight excluding hydrogens is 629 g/mol. The fourth-order valence-corrected chi connectivity index (χ4v) is 7.17. The normalized spacial score (nSPS) is 17.1. The minimum Gasteiger partial charge on any atom is -0.507 e. The summed E-state index contributed by atoms with van der Waals surface area (Å²) in [6, 6.07) is 0. The van der Waals surface area contributed by atoms with E-state index < -0.39 is 5.97 Å². The highest BCUT2D eigenvalue weighted by molar-refractivity contribution is 5.66. The van der Waals surface area contributed by atoms with E-state index >= 15 is 0 Å². The molecular formula is C47H80O4. The molecule has 1 aromatic rings. The van der Waals surface area contributed by atoms with Crippen molar-refractivity contribution in [3.8, 4) is 11.5 Å². The van der Waals surface area contributed by atoms with Gasteiger partial charge in [0.2, 0.25) is 0 Å². The van der Waals surface area contributed by atoms with Gasteiger partial charge in [-0.2, -0.15) is 0 Å². The van der Waals surface area contributed by atoms with Gasteiger partial charge in [-0.05, 0) is 126 Å². The van der Waals surface area contributed by atoms with Crippen molar-refractivity contribution in [2.45, 2.75) is 203 Å². The summed E-state index contributed by atoms with van der Waals surface area (Å²) in [5, 5.41) is 18.9. The van der Waals surface area contributed by atoms with Crippen LogP contribution in [0.25, 0.3) is 0 Å². The Morgan fingerprint density at radius 3 is 1.88 bits per heavy atom. The fraction of sp³-hybridized carbons (Fsp3) is 0.723. The first-order valence-corrected chi connectivity index (χ1v) is 21.0. The maximum absolute atomic E-state index is 10.4. The van der Waals surface area contributed by atoms with Crippen LogP contribution in [0.15, 0.2) is 36.5 Å². The first kappa shape index (κ1) is 46.5. The molecule has 1 aromatic carbocycles. The molecule has 0 unspecified atom stereocenters. The van der Waals surface area contributed by atoms with Gasteiger partial charge in [0.25, 0.3) is 0 Å². The van der Waals surface area contributed by atoms with Crippen LogP contribution in [0.1, 0.15) is 192 Å². The van der Waals surface area contributed by atoms with Crippen LogP contribution in [0.3, 0.4) is 0 Å². The Balaban J connectivity index is 0.000000564. The summed E-state index contributed by atoms with van der Waals surface area (Å²) in [4.78, 5) is 10.3. The lowest BCUT2D eigenvalue weighted by Crippen LogP contribution is -2.37. The second-order valence-electron chi connectivity index (χ2n) is 16.4. The summed E-state index contributed by atoms with van der Waals surface area (Å²) >= 11 is 0. The van der Waals surface area contributed by atoms with Crippen molar-refractivity contribution in [3.63, 3.8) is 0 Å². The highest BCUT2D eigenvalue weighted by Gasteiger charge is 2.34. The minimum absolute atomic E-state index is 0.0712. The Morgan fingerprint density at radius 1 is 0.725 bits per heavy atom. The average molecular weight is 709 g/mol. The van der Waals surface area contributed by atoms with Crippen LogP contribution in [-0.2, 0) is 11.2 Å². The Kier molecular flexibility index (Phi) is 24.8. The van der Waals surface area contributed by atoms with Crippen molar-refractivity contribution in [2.24, 2.45) is 17.8 Å². The molecule has 0 aromatic heterocycles. The van der Waals surface area contributed by atoms with E-state index in [4.69, 9.17) is 9.84 Å². The van der Waals surface area contributed by atoms with Crippen molar-refractivity contribution in [1.29, 1.82) is 0 Å². The van der Waals surface area contributed by atoms with Gasteiger partial charge in [-0.1, -0.05) is 135 Å². The number of hydrogen-bond donors (Lipinski definition) is 2. The van der Waals surface area contributed by atoms with Gasteiger partial charge in [0, 0.05) is 12.0 Å². The van der Waals surface area contributed by atoms with Crippen molar-refractivity contribution >= 4 is 5.97 Å². The van der Waals surface area contributed by atoms with E-state index in [1.54, 1.807) is 0 Å². The maximum Gasteiger partial charge on any atom is 0.303 e. The van der Waals surface area contributed by atoms with Gasteiger partial charge in [-0.15, -0.1) is 0 Å². The first-order chi connectivity index (χ1) is 24.3. The molecule has 2 N–H and O–H groups in total. The second-order valence-corrected chi connectivity index (χ2v) is 16.4. The number of fused-ring (bicyclic) bond motifs is 1. The van der Waals surface area contributed by atoms with E-state index in [9.17, 15) is 9.90 Å². The molecule has 1 aliphatic rings. The zero-order chi connectivity index (χ0) is 38.1. The van der Waals surface area contributed by atoms with Crippen LogP contribution in [0.5, 0.6) is 11.5 Å². The molecule has 0 saturated heterocycles. The van der Waals surface area contributed by atoms with E-state index in [0.717, 1.165) is 104 Å². The molecule has 292 valence electrons. The quantitative estimate of drug-likeness (QED) is 0.0784. The van der Waals surface area contributed by atoms with Gasteiger partial charge in [-0.3, -0.25) is 4.79 Å². The van der Waals surface area contributed by atoms with Crippen LogP contribution in [0.4, 0.5) is 0 Å². The second kappa shape index (κ2) is 27.2. The predicted molar refractivity (Wildman–Crippen MR) is 221 cm³/mol. The topological polar surface area (TPSA) is 66.8 Å². The van der Waals surface area contributed by atoms with Gasteiger partial charge in [0.1, 0.15) is 17.1 Å². The number of benzene rings is 1. The highest BCUT2D eigenvalue weighted by Crippen LogP contribution is 2.44. The third-order valence-electron chi connectivity index (χ3n) is 10.9. The fourth-order valence-electron chi connectivity index (χ4n) is 7.17. The molecule has 0 aliphatic carbocycles. The molecule has 4 heteroatoms. The van der Waals surface area contributed by atoms with Gasteiger partial charge in [0.15, 0.2) is 0 Å². The number of unbranched alkanes of at least 4 members (excludes halogenated alkanes) is 5. The van der Waals surface area contributed by atoms with Gasteiger partial charge in [-0.25, -0.2) is 0 Å². The molecule has 0 radical (unpaired) electrons. The van der Waals surface area contributed by atoms with E-state index in [-0.39, 0.29) is 5.60 Å². The highest BCUT2D eigenvalue weighted by atomic mass is 16.5. The predicted octanol–water partition coefficient (Wildman–Crippen LogP) is 14.5. The monoisotopic (exact) mass is 709 g/mol. The molecule has 0 bridgehead atoms. The number of ether oxygens (including phenoxy) is 1.